The average molecular weight is 329 g/mol. The topological polar surface area (TPSA) is 92.2 Å². The van der Waals surface area contributed by atoms with Gasteiger partial charge in [0.15, 0.2) is 5.13 Å². The van der Waals surface area contributed by atoms with Gasteiger partial charge in [-0.1, -0.05) is 11.3 Å². The summed E-state index contributed by atoms with van der Waals surface area (Å²) in [5.74, 6) is -0.506. The number of amides is 1. The van der Waals surface area contributed by atoms with Crippen LogP contribution in [0.3, 0.4) is 0 Å². The minimum absolute atomic E-state index is 0.0392. The number of carbonyl (C=O) groups excluding carboxylic acids is 2. The number of aliphatic hydroxyl groups is 1. The Balaban J connectivity index is 1.96. The molecule has 0 unspecified atom stereocenters. The van der Waals surface area contributed by atoms with Gasteiger partial charge in [0.05, 0.1) is 5.69 Å². The fourth-order valence-corrected chi connectivity index (χ4v) is 3.43. The molecule has 23 heavy (non-hydrogen) atoms. The van der Waals surface area contributed by atoms with Gasteiger partial charge < -0.3 is 10.4 Å². The van der Waals surface area contributed by atoms with Crippen molar-refractivity contribution in [1.29, 1.82) is 0 Å². The molecule has 2 aromatic heterocycles. The number of aromatic nitrogens is 2. The Morgan fingerprint density at radius 3 is 2.78 bits per heavy atom. The summed E-state index contributed by atoms with van der Waals surface area (Å²) in [6.07, 6.45) is 2.51. The molecule has 1 aliphatic rings. The Bertz CT molecular complexity index is 822. The number of nitrogens with one attached hydrogen (secondary N) is 1. The lowest BCUT2D eigenvalue weighted by atomic mass is 9.93. The minimum atomic E-state index is -0.238. The first-order chi connectivity index (χ1) is 11.0. The molecule has 2 aromatic rings. The maximum Gasteiger partial charge on any atom is 0.223 e. The normalized spacial score (nSPS) is 16.0. The molecule has 1 aliphatic carbocycles. The lowest BCUT2D eigenvalue weighted by Gasteiger charge is -2.14. The molecular weight excluding hydrogens is 314 g/mol. The zero-order valence-corrected chi connectivity index (χ0v) is 13.5. The number of allylic oxidation sites excluding steroid dienone is 1. The number of anilines is 1. The maximum atomic E-state index is 12.6. The predicted molar refractivity (Wildman–Crippen MR) is 87.6 cm³/mol. The third kappa shape index (κ3) is 3.00. The monoisotopic (exact) mass is 329 g/mol. The first-order valence-electron chi connectivity index (χ1n) is 7.13. The summed E-state index contributed by atoms with van der Waals surface area (Å²) in [5, 5.41) is 13.4. The highest BCUT2D eigenvalue weighted by Crippen LogP contribution is 2.34. The van der Waals surface area contributed by atoms with Crippen molar-refractivity contribution >= 4 is 33.9 Å². The van der Waals surface area contributed by atoms with Crippen LogP contribution in [0, 0.1) is 6.92 Å². The number of fused-ring (bicyclic) bond motifs is 1. The number of carbonyl (C=O) groups is 2. The molecule has 7 heteroatoms. The number of pyridine rings is 1. The van der Waals surface area contributed by atoms with Crippen LogP contribution >= 0.6 is 11.3 Å². The number of thiazole rings is 1. The molecule has 2 N–H and O–H groups in total. The highest BCUT2D eigenvalue weighted by molar-refractivity contribution is 7.18. The zero-order chi connectivity index (χ0) is 16.6. The maximum absolute atomic E-state index is 12.6. The molecule has 0 fully saturated rings. The van der Waals surface area contributed by atoms with Crippen LogP contribution in [0.25, 0.3) is 5.76 Å². The van der Waals surface area contributed by atoms with Crippen molar-refractivity contribution < 1.29 is 14.7 Å². The van der Waals surface area contributed by atoms with Gasteiger partial charge in [-0.15, -0.1) is 0 Å². The van der Waals surface area contributed by atoms with Gasteiger partial charge in [-0.3, -0.25) is 14.6 Å². The van der Waals surface area contributed by atoms with E-state index < -0.39 is 0 Å². The van der Waals surface area contributed by atoms with Gasteiger partial charge in [0.25, 0.3) is 0 Å². The third-order valence-corrected chi connectivity index (χ3v) is 4.55. The largest absolute Gasteiger partial charge is 0.507 e. The van der Waals surface area contributed by atoms with E-state index in [1.165, 1.54) is 6.92 Å². The quantitative estimate of drug-likeness (QED) is 0.653. The van der Waals surface area contributed by atoms with Crippen molar-refractivity contribution in [3.63, 3.8) is 0 Å². The molecule has 0 radical (unpaired) electrons. The first-order valence-corrected chi connectivity index (χ1v) is 7.94. The molecule has 0 aliphatic heterocycles. The van der Waals surface area contributed by atoms with Crippen LogP contribution in [0.4, 0.5) is 5.13 Å². The van der Waals surface area contributed by atoms with E-state index in [-0.39, 0.29) is 17.4 Å². The molecule has 0 spiro atoms. The highest BCUT2D eigenvalue weighted by Gasteiger charge is 2.29. The summed E-state index contributed by atoms with van der Waals surface area (Å²) < 4.78 is 0. The molecule has 0 aromatic carbocycles. The Kier molecular flexibility index (Phi) is 3.96. The van der Waals surface area contributed by atoms with E-state index in [2.05, 4.69) is 15.3 Å². The van der Waals surface area contributed by atoms with Crippen LogP contribution in [-0.2, 0) is 11.2 Å². The summed E-state index contributed by atoms with van der Waals surface area (Å²) in [4.78, 5) is 32.6. The van der Waals surface area contributed by atoms with Crippen LogP contribution in [0.15, 0.2) is 23.9 Å². The van der Waals surface area contributed by atoms with E-state index in [1.54, 1.807) is 18.3 Å². The molecule has 1 amide bonds. The number of aryl methyl sites for hydroxylation is 2. The second-order valence-electron chi connectivity index (χ2n) is 5.32. The molecule has 0 saturated carbocycles. The van der Waals surface area contributed by atoms with Gasteiger partial charge in [0, 0.05) is 30.0 Å². The zero-order valence-electron chi connectivity index (χ0n) is 12.7. The Morgan fingerprint density at radius 1 is 1.35 bits per heavy atom. The van der Waals surface area contributed by atoms with Crippen LogP contribution in [0.5, 0.6) is 0 Å². The number of ketones is 1. The van der Waals surface area contributed by atoms with Crippen LogP contribution in [0.2, 0.25) is 0 Å². The lowest BCUT2D eigenvalue weighted by Crippen LogP contribution is -2.14. The highest BCUT2D eigenvalue weighted by atomic mass is 32.1. The van der Waals surface area contributed by atoms with Crippen molar-refractivity contribution in [2.75, 3.05) is 5.32 Å². The van der Waals surface area contributed by atoms with E-state index in [1.807, 2.05) is 6.92 Å². The summed E-state index contributed by atoms with van der Waals surface area (Å²) in [6.45, 7) is 3.25. The molecule has 2 heterocycles. The van der Waals surface area contributed by atoms with E-state index in [0.717, 1.165) is 17.0 Å². The standard InChI is InChI=1S/C16H15N3O3S/c1-8-3-4-10(7-17-8)13(21)11-5-6-12-15(14(11)22)23-16(19-12)18-9(2)20/h3-4,7,21H,5-6H2,1-2H3,(H,18,19,20). The summed E-state index contributed by atoms with van der Waals surface area (Å²) in [5.41, 5.74) is 2.39. The fourth-order valence-electron chi connectivity index (χ4n) is 2.40. The van der Waals surface area contributed by atoms with Gasteiger partial charge in [-0.05, 0) is 31.9 Å². The van der Waals surface area contributed by atoms with Crippen molar-refractivity contribution in [3.8, 4) is 0 Å². The number of aliphatic hydroxyl groups excluding tert-OH is 1. The van der Waals surface area contributed by atoms with E-state index in [4.69, 9.17) is 0 Å². The summed E-state index contributed by atoms with van der Waals surface area (Å²) in [6, 6.07) is 3.52. The average Bonchev–Trinajstić information content (AvgIpc) is 2.90. The Labute approximate surface area is 136 Å². The van der Waals surface area contributed by atoms with Gasteiger partial charge >= 0.3 is 0 Å². The van der Waals surface area contributed by atoms with E-state index in [9.17, 15) is 14.7 Å². The first kappa shape index (κ1) is 15.4. The fraction of sp³-hybridized carbons (Fsp3) is 0.250. The number of hydrogen-bond donors (Lipinski definition) is 2. The molecule has 118 valence electrons. The Morgan fingerprint density at radius 2 is 2.13 bits per heavy atom. The van der Waals surface area contributed by atoms with Gasteiger partial charge in [0.1, 0.15) is 10.6 Å². The van der Waals surface area contributed by atoms with Crippen molar-refractivity contribution in [3.05, 3.63) is 45.7 Å². The molecule has 6 nitrogen and oxygen atoms in total. The van der Waals surface area contributed by atoms with Crippen molar-refractivity contribution in [2.45, 2.75) is 26.7 Å². The number of hydrogen-bond acceptors (Lipinski definition) is 6. The summed E-state index contributed by atoms with van der Waals surface area (Å²) in [7, 11) is 0. The molecule has 3 rings (SSSR count). The SMILES string of the molecule is CC(=O)Nc1nc2c(s1)C(=O)C(=C(O)c1ccc(C)nc1)CC2. The van der Waals surface area contributed by atoms with E-state index >= 15 is 0 Å². The van der Waals surface area contributed by atoms with Crippen molar-refractivity contribution in [2.24, 2.45) is 0 Å². The second kappa shape index (κ2) is 5.92. The third-order valence-electron chi connectivity index (χ3n) is 3.54. The predicted octanol–water partition coefficient (Wildman–Crippen LogP) is 2.90. The Hall–Kier alpha value is -2.54. The summed E-state index contributed by atoms with van der Waals surface area (Å²) >= 11 is 1.14. The number of rotatable bonds is 2. The van der Waals surface area contributed by atoms with Crippen molar-refractivity contribution in [1.82, 2.24) is 9.97 Å². The molecule has 0 atom stereocenters. The molecular formula is C16H15N3O3S. The smallest absolute Gasteiger partial charge is 0.223 e. The van der Waals surface area contributed by atoms with Crippen LogP contribution in [-0.4, -0.2) is 26.8 Å². The van der Waals surface area contributed by atoms with E-state index in [0.29, 0.717) is 39.7 Å². The van der Waals surface area contributed by atoms with Crippen LogP contribution < -0.4 is 5.32 Å². The van der Waals surface area contributed by atoms with Gasteiger partial charge in [0.2, 0.25) is 11.7 Å². The molecule has 0 saturated heterocycles. The number of nitrogens with zero attached hydrogens (tertiary/aromatic N) is 2. The van der Waals surface area contributed by atoms with Crippen LogP contribution in [0.1, 0.15) is 40.0 Å². The second-order valence-corrected chi connectivity index (χ2v) is 6.32. The minimum Gasteiger partial charge on any atom is -0.507 e. The molecule has 0 bridgehead atoms. The van der Waals surface area contributed by atoms with Gasteiger partial charge in [-0.2, -0.15) is 0 Å². The van der Waals surface area contributed by atoms with Gasteiger partial charge in [-0.25, -0.2) is 4.98 Å². The number of Topliss-reactive ketones (excluding diaryl/α,β-unsaturated/α-hetero) is 1. The lowest BCUT2D eigenvalue weighted by molar-refractivity contribution is -0.114.